The molecule has 2 aromatic rings. The van der Waals surface area contributed by atoms with Crippen LogP contribution in [0.4, 0.5) is 0 Å². The predicted molar refractivity (Wildman–Crippen MR) is 102 cm³/mol. The molecule has 0 aliphatic carbocycles. The lowest BCUT2D eigenvalue weighted by Gasteiger charge is -2.18. The van der Waals surface area contributed by atoms with Gasteiger partial charge >= 0.3 is 5.97 Å². The summed E-state index contributed by atoms with van der Waals surface area (Å²) < 4.78 is 4.73. The summed E-state index contributed by atoms with van der Waals surface area (Å²) in [6, 6.07) is 14.3. The second-order valence-electron chi connectivity index (χ2n) is 6.82. The van der Waals surface area contributed by atoms with E-state index in [1.54, 1.807) is 12.1 Å². The zero-order chi connectivity index (χ0) is 17.3. The molecule has 0 N–H and O–H groups in total. The Labute approximate surface area is 147 Å². The quantitative estimate of drug-likeness (QED) is 0.552. The molecule has 0 spiro atoms. The van der Waals surface area contributed by atoms with Crippen molar-refractivity contribution in [1.82, 2.24) is 0 Å². The molecule has 2 nitrogen and oxygen atoms in total. The first-order valence-electron chi connectivity index (χ1n) is 8.05. The molecule has 0 unspecified atom stereocenters. The zero-order valence-corrected chi connectivity index (χ0v) is 15.4. The summed E-state index contributed by atoms with van der Waals surface area (Å²) in [6.45, 7) is 6.74. The van der Waals surface area contributed by atoms with E-state index in [0.717, 1.165) is 11.3 Å². The van der Waals surface area contributed by atoms with E-state index in [4.69, 9.17) is 4.74 Å². The lowest BCUT2D eigenvalue weighted by molar-refractivity contribution is 0.0600. The number of benzene rings is 2. The Morgan fingerprint density at radius 3 is 2.46 bits per heavy atom. The van der Waals surface area contributed by atoms with Gasteiger partial charge in [-0.3, -0.25) is 0 Å². The van der Waals surface area contributed by atoms with Gasteiger partial charge in [-0.1, -0.05) is 38.1 Å². The van der Waals surface area contributed by atoms with Gasteiger partial charge in [0.05, 0.1) is 12.7 Å². The average molecular weight is 338 g/mol. The fourth-order valence-electron chi connectivity index (χ4n) is 2.93. The Hall–Kier alpha value is -2.00. The molecule has 1 aliphatic rings. The molecule has 3 rings (SSSR count). The first kappa shape index (κ1) is 16.8. The molecule has 24 heavy (non-hydrogen) atoms. The SMILES string of the molecule is COC(=O)c1ccc(/C=C(/C)c2ccc3c(c2)C(C)(C)CS3)cc1. The van der Waals surface area contributed by atoms with E-state index in [1.807, 2.05) is 23.9 Å². The number of carbonyl (C=O) groups is 1. The number of rotatable bonds is 3. The summed E-state index contributed by atoms with van der Waals surface area (Å²) >= 11 is 1.94. The van der Waals surface area contributed by atoms with Gasteiger partial charge in [-0.05, 0) is 53.5 Å². The molecule has 0 amide bonds. The van der Waals surface area contributed by atoms with Gasteiger partial charge in [0.25, 0.3) is 0 Å². The monoisotopic (exact) mass is 338 g/mol. The van der Waals surface area contributed by atoms with E-state index in [-0.39, 0.29) is 11.4 Å². The number of allylic oxidation sites excluding steroid dienone is 1. The highest BCUT2D eigenvalue weighted by Crippen LogP contribution is 2.44. The van der Waals surface area contributed by atoms with Crippen LogP contribution in [-0.4, -0.2) is 18.8 Å². The van der Waals surface area contributed by atoms with Crippen LogP contribution in [0.3, 0.4) is 0 Å². The highest BCUT2D eigenvalue weighted by atomic mass is 32.2. The smallest absolute Gasteiger partial charge is 0.337 e. The van der Waals surface area contributed by atoms with E-state index in [1.165, 1.54) is 28.7 Å². The van der Waals surface area contributed by atoms with Crippen molar-refractivity contribution in [3.63, 3.8) is 0 Å². The molecule has 0 aromatic heterocycles. The Bertz CT molecular complexity index is 801. The van der Waals surface area contributed by atoms with Crippen LogP contribution in [0, 0.1) is 0 Å². The second-order valence-corrected chi connectivity index (χ2v) is 7.84. The Kier molecular flexibility index (Phi) is 4.55. The Morgan fingerprint density at radius 1 is 1.12 bits per heavy atom. The third-order valence-electron chi connectivity index (χ3n) is 4.47. The molecule has 3 heteroatoms. The molecule has 0 saturated carbocycles. The molecular weight excluding hydrogens is 316 g/mol. The second kappa shape index (κ2) is 6.48. The summed E-state index contributed by atoms with van der Waals surface area (Å²) in [5.74, 6) is 0.837. The van der Waals surface area contributed by atoms with Crippen LogP contribution in [0.25, 0.3) is 11.6 Å². The van der Waals surface area contributed by atoms with Gasteiger partial charge in [0.2, 0.25) is 0 Å². The molecule has 0 atom stereocenters. The van der Waals surface area contributed by atoms with Crippen LogP contribution in [0.5, 0.6) is 0 Å². The van der Waals surface area contributed by atoms with Crippen LogP contribution in [0.15, 0.2) is 47.4 Å². The first-order chi connectivity index (χ1) is 11.4. The molecule has 1 aliphatic heterocycles. The van der Waals surface area contributed by atoms with Crippen molar-refractivity contribution in [2.24, 2.45) is 0 Å². The van der Waals surface area contributed by atoms with Crippen molar-refractivity contribution >= 4 is 29.4 Å². The summed E-state index contributed by atoms with van der Waals surface area (Å²) in [4.78, 5) is 12.9. The fourth-order valence-corrected chi connectivity index (χ4v) is 4.26. The minimum Gasteiger partial charge on any atom is -0.465 e. The number of thioether (sulfide) groups is 1. The summed E-state index contributed by atoms with van der Waals surface area (Å²) in [7, 11) is 1.40. The first-order valence-corrected chi connectivity index (χ1v) is 9.04. The lowest BCUT2D eigenvalue weighted by atomic mass is 9.85. The number of ether oxygens (including phenoxy) is 1. The summed E-state index contributed by atoms with van der Waals surface area (Å²) in [5, 5.41) is 0. The molecule has 0 radical (unpaired) electrons. The van der Waals surface area contributed by atoms with Gasteiger partial charge in [0.15, 0.2) is 0 Å². The van der Waals surface area contributed by atoms with Crippen LogP contribution in [0.1, 0.15) is 47.8 Å². The number of esters is 1. The Balaban J connectivity index is 1.88. The standard InChI is InChI=1S/C21H22O2S/c1-14(11-15-5-7-16(8-6-15)20(22)23-4)17-9-10-19-18(12-17)21(2,3)13-24-19/h5-12H,13H2,1-4H3/b14-11-. The topological polar surface area (TPSA) is 26.3 Å². The van der Waals surface area contributed by atoms with Gasteiger partial charge in [0, 0.05) is 16.1 Å². The highest BCUT2D eigenvalue weighted by molar-refractivity contribution is 7.99. The van der Waals surface area contributed by atoms with Crippen molar-refractivity contribution < 1.29 is 9.53 Å². The molecule has 0 fully saturated rings. The number of hydrogen-bond acceptors (Lipinski definition) is 3. The average Bonchev–Trinajstić information content (AvgIpc) is 2.89. The molecule has 0 saturated heterocycles. The molecule has 2 aromatic carbocycles. The zero-order valence-electron chi connectivity index (χ0n) is 14.6. The normalized spacial score (nSPS) is 15.9. The van der Waals surface area contributed by atoms with Gasteiger partial charge in [-0.25, -0.2) is 4.79 Å². The van der Waals surface area contributed by atoms with Crippen LogP contribution in [0.2, 0.25) is 0 Å². The molecular formula is C21H22O2S. The minimum absolute atomic E-state index is 0.235. The van der Waals surface area contributed by atoms with Gasteiger partial charge in [-0.15, -0.1) is 11.8 Å². The maximum atomic E-state index is 11.5. The molecule has 1 heterocycles. The van der Waals surface area contributed by atoms with Crippen molar-refractivity contribution in [3.05, 3.63) is 64.7 Å². The van der Waals surface area contributed by atoms with Crippen LogP contribution in [-0.2, 0) is 10.2 Å². The maximum Gasteiger partial charge on any atom is 0.337 e. The highest BCUT2D eigenvalue weighted by Gasteiger charge is 2.30. The van der Waals surface area contributed by atoms with E-state index >= 15 is 0 Å². The van der Waals surface area contributed by atoms with Crippen molar-refractivity contribution in [1.29, 1.82) is 0 Å². The third-order valence-corrected chi connectivity index (χ3v) is 6.00. The minimum atomic E-state index is -0.305. The van der Waals surface area contributed by atoms with Crippen molar-refractivity contribution in [3.8, 4) is 0 Å². The summed E-state index contributed by atoms with van der Waals surface area (Å²) in [5.41, 5.74) is 5.80. The number of carbonyl (C=O) groups excluding carboxylic acids is 1. The Morgan fingerprint density at radius 2 is 1.79 bits per heavy atom. The number of hydrogen-bond donors (Lipinski definition) is 0. The van der Waals surface area contributed by atoms with Crippen LogP contribution >= 0.6 is 11.8 Å². The van der Waals surface area contributed by atoms with Gasteiger partial charge < -0.3 is 4.74 Å². The summed E-state index contributed by atoms with van der Waals surface area (Å²) in [6.07, 6.45) is 2.15. The van der Waals surface area contributed by atoms with E-state index in [0.29, 0.717) is 5.56 Å². The predicted octanol–water partition coefficient (Wildman–Crippen LogP) is 5.42. The van der Waals surface area contributed by atoms with E-state index < -0.39 is 0 Å². The van der Waals surface area contributed by atoms with E-state index in [9.17, 15) is 4.79 Å². The number of fused-ring (bicyclic) bond motifs is 1. The largest absolute Gasteiger partial charge is 0.465 e. The third kappa shape index (κ3) is 3.27. The molecule has 0 bridgehead atoms. The fraction of sp³-hybridized carbons (Fsp3) is 0.286. The van der Waals surface area contributed by atoms with E-state index in [2.05, 4.69) is 45.0 Å². The number of methoxy groups -OCH3 is 1. The van der Waals surface area contributed by atoms with Crippen molar-refractivity contribution in [2.45, 2.75) is 31.1 Å². The maximum absolute atomic E-state index is 11.5. The van der Waals surface area contributed by atoms with Crippen LogP contribution < -0.4 is 0 Å². The van der Waals surface area contributed by atoms with Gasteiger partial charge in [0.1, 0.15) is 0 Å². The van der Waals surface area contributed by atoms with Crippen molar-refractivity contribution in [2.75, 3.05) is 12.9 Å². The lowest BCUT2D eigenvalue weighted by Crippen LogP contribution is -2.15. The van der Waals surface area contributed by atoms with Gasteiger partial charge in [-0.2, -0.15) is 0 Å². The molecule has 124 valence electrons.